The molecule has 2 aromatic heterocycles. The van der Waals surface area contributed by atoms with Gasteiger partial charge in [0, 0.05) is 24.0 Å². The average Bonchev–Trinajstić information content (AvgIpc) is 3.26. The number of nitrogens with one attached hydrogen (secondary N) is 2. The molecule has 2 aromatic carbocycles. The van der Waals surface area contributed by atoms with E-state index in [1.807, 2.05) is 48.8 Å². The van der Waals surface area contributed by atoms with Gasteiger partial charge in [-0.25, -0.2) is 10.4 Å². The fourth-order valence-corrected chi connectivity index (χ4v) is 3.91. The van der Waals surface area contributed by atoms with E-state index in [4.69, 9.17) is 4.74 Å². The van der Waals surface area contributed by atoms with Crippen molar-refractivity contribution in [3.05, 3.63) is 47.5 Å². The van der Waals surface area contributed by atoms with Crippen molar-refractivity contribution in [3.63, 3.8) is 0 Å². The molecule has 0 bridgehead atoms. The van der Waals surface area contributed by atoms with Crippen LogP contribution in [0.5, 0.6) is 11.8 Å². The minimum atomic E-state index is -0.0533. The van der Waals surface area contributed by atoms with E-state index in [0.29, 0.717) is 18.2 Å². The smallest absolute Gasteiger partial charge is 0.300 e. The third-order valence-corrected chi connectivity index (χ3v) is 5.32. The summed E-state index contributed by atoms with van der Waals surface area (Å²) >= 11 is 1.57. The van der Waals surface area contributed by atoms with E-state index < -0.39 is 0 Å². The van der Waals surface area contributed by atoms with Crippen molar-refractivity contribution in [2.24, 2.45) is 11.0 Å². The van der Waals surface area contributed by atoms with Crippen molar-refractivity contribution in [1.82, 2.24) is 20.4 Å². The SMILES string of the molecule is CC1CC(=O)NN=C1c1ccc2nc(Oc3ccc4ncsc4c3)[nH]c2c1. The number of amides is 1. The fraction of sp³-hybridized carbons (Fsp3) is 0.158. The van der Waals surface area contributed by atoms with Crippen LogP contribution >= 0.6 is 11.3 Å². The van der Waals surface area contributed by atoms with E-state index in [9.17, 15) is 4.79 Å². The number of hydrogen-bond acceptors (Lipinski definition) is 6. The second-order valence-electron chi connectivity index (χ2n) is 6.50. The molecule has 27 heavy (non-hydrogen) atoms. The van der Waals surface area contributed by atoms with Crippen LogP contribution in [0.2, 0.25) is 0 Å². The third-order valence-electron chi connectivity index (χ3n) is 4.53. The molecule has 0 saturated heterocycles. The molecule has 1 aliphatic heterocycles. The van der Waals surface area contributed by atoms with Crippen molar-refractivity contribution in [2.45, 2.75) is 13.3 Å². The zero-order valence-electron chi connectivity index (χ0n) is 14.4. The quantitative estimate of drug-likeness (QED) is 0.568. The van der Waals surface area contributed by atoms with Crippen LogP contribution in [0.15, 0.2) is 47.0 Å². The first kappa shape index (κ1) is 16.0. The highest BCUT2D eigenvalue weighted by molar-refractivity contribution is 7.16. The molecule has 1 aliphatic rings. The van der Waals surface area contributed by atoms with Crippen LogP contribution < -0.4 is 10.2 Å². The first-order chi connectivity index (χ1) is 13.2. The van der Waals surface area contributed by atoms with Crippen LogP contribution in [-0.2, 0) is 4.79 Å². The van der Waals surface area contributed by atoms with Gasteiger partial charge in [0.25, 0.3) is 6.01 Å². The maximum Gasteiger partial charge on any atom is 0.300 e. The van der Waals surface area contributed by atoms with Crippen molar-refractivity contribution in [2.75, 3.05) is 0 Å². The largest absolute Gasteiger partial charge is 0.426 e. The number of carbonyl (C=O) groups is 1. The molecule has 1 amide bonds. The molecular formula is C19H15N5O2S. The lowest BCUT2D eigenvalue weighted by atomic mass is 9.94. The summed E-state index contributed by atoms with van der Waals surface area (Å²) in [4.78, 5) is 23.4. The summed E-state index contributed by atoms with van der Waals surface area (Å²) in [5, 5.41) is 4.21. The number of hydrazone groups is 1. The van der Waals surface area contributed by atoms with Gasteiger partial charge in [0.15, 0.2) is 0 Å². The Kier molecular flexibility index (Phi) is 3.64. The highest BCUT2D eigenvalue weighted by Crippen LogP contribution is 2.28. The molecule has 134 valence electrons. The Hall–Kier alpha value is -3.26. The summed E-state index contributed by atoms with van der Waals surface area (Å²) in [5.74, 6) is 0.724. The van der Waals surface area contributed by atoms with Crippen LogP contribution in [0.4, 0.5) is 0 Å². The number of thiazole rings is 1. The summed E-state index contributed by atoms with van der Waals surface area (Å²) in [6.07, 6.45) is 0.439. The van der Waals surface area contributed by atoms with Crippen LogP contribution in [-0.4, -0.2) is 26.6 Å². The number of ether oxygens (including phenoxy) is 1. The Morgan fingerprint density at radius 2 is 2.07 bits per heavy atom. The second-order valence-corrected chi connectivity index (χ2v) is 7.38. The Bertz CT molecular complexity index is 1210. The Balaban J connectivity index is 1.46. The van der Waals surface area contributed by atoms with Crippen molar-refractivity contribution in [3.8, 4) is 11.8 Å². The van der Waals surface area contributed by atoms with Crippen LogP contribution in [0.25, 0.3) is 21.3 Å². The van der Waals surface area contributed by atoms with Gasteiger partial charge < -0.3 is 9.72 Å². The van der Waals surface area contributed by atoms with Gasteiger partial charge in [-0.15, -0.1) is 11.3 Å². The van der Waals surface area contributed by atoms with Crippen molar-refractivity contribution < 1.29 is 9.53 Å². The number of aromatic nitrogens is 3. The van der Waals surface area contributed by atoms with Crippen LogP contribution in [0.1, 0.15) is 18.9 Å². The number of rotatable bonds is 3. The molecule has 0 saturated carbocycles. The summed E-state index contributed by atoms with van der Waals surface area (Å²) in [5.41, 5.74) is 8.80. The first-order valence-electron chi connectivity index (χ1n) is 8.53. The minimum Gasteiger partial charge on any atom is -0.426 e. The number of benzene rings is 2. The predicted molar refractivity (Wildman–Crippen MR) is 104 cm³/mol. The van der Waals surface area contributed by atoms with Crippen molar-refractivity contribution >= 4 is 44.2 Å². The lowest BCUT2D eigenvalue weighted by Gasteiger charge is -2.18. The molecule has 2 N–H and O–H groups in total. The van der Waals surface area contributed by atoms with E-state index in [0.717, 1.165) is 32.5 Å². The van der Waals surface area contributed by atoms with Gasteiger partial charge in [-0.05, 0) is 24.3 Å². The molecule has 0 spiro atoms. The van der Waals surface area contributed by atoms with Gasteiger partial charge >= 0.3 is 0 Å². The summed E-state index contributed by atoms with van der Waals surface area (Å²) in [6, 6.07) is 12.1. The molecule has 0 radical (unpaired) electrons. The van der Waals surface area contributed by atoms with E-state index in [-0.39, 0.29) is 11.8 Å². The lowest BCUT2D eigenvalue weighted by Crippen LogP contribution is -2.31. The number of nitrogens with zero attached hydrogens (tertiary/aromatic N) is 3. The summed E-state index contributed by atoms with van der Waals surface area (Å²) < 4.78 is 6.95. The fourth-order valence-electron chi connectivity index (χ4n) is 3.21. The summed E-state index contributed by atoms with van der Waals surface area (Å²) in [6.45, 7) is 2.00. The Labute approximate surface area is 158 Å². The Morgan fingerprint density at radius 3 is 2.96 bits per heavy atom. The second kappa shape index (κ2) is 6.17. The maximum absolute atomic E-state index is 11.5. The number of imidazole rings is 1. The number of fused-ring (bicyclic) bond motifs is 2. The molecule has 8 heteroatoms. The minimum absolute atomic E-state index is 0.0533. The Morgan fingerprint density at radius 1 is 1.19 bits per heavy atom. The lowest BCUT2D eigenvalue weighted by molar-refractivity contribution is -0.121. The standard InChI is InChI=1S/C19H15N5O2S/c1-10-6-17(25)23-24-18(10)11-2-4-13-15(7-11)22-19(21-13)26-12-3-5-14-16(8-12)27-9-20-14/h2-5,7-10H,6H2,1H3,(H,21,22)(H,23,25). The van der Waals surface area contributed by atoms with Gasteiger partial charge in [0.1, 0.15) is 5.75 Å². The number of aromatic amines is 1. The normalized spacial score (nSPS) is 17.1. The van der Waals surface area contributed by atoms with E-state index >= 15 is 0 Å². The van der Waals surface area contributed by atoms with Gasteiger partial charge in [0.2, 0.25) is 5.91 Å². The van der Waals surface area contributed by atoms with Gasteiger partial charge in [-0.1, -0.05) is 13.0 Å². The van der Waals surface area contributed by atoms with Gasteiger partial charge in [-0.3, -0.25) is 4.79 Å². The van der Waals surface area contributed by atoms with E-state index in [2.05, 4.69) is 25.5 Å². The molecule has 3 heterocycles. The zero-order chi connectivity index (χ0) is 18.4. The highest BCUT2D eigenvalue weighted by atomic mass is 32.1. The van der Waals surface area contributed by atoms with Gasteiger partial charge in [-0.2, -0.15) is 10.1 Å². The van der Waals surface area contributed by atoms with Crippen LogP contribution in [0, 0.1) is 5.92 Å². The maximum atomic E-state index is 11.5. The average molecular weight is 377 g/mol. The van der Waals surface area contributed by atoms with E-state index in [1.54, 1.807) is 11.3 Å². The van der Waals surface area contributed by atoms with Gasteiger partial charge in [0.05, 0.1) is 32.5 Å². The molecular weight excluding hydrogens is 362 g/mol. The molecule has 5 rings (SSSR count). The van der Waals surface area contributed by atoms with E-state index in [1.165, 1.54) is 0 Å². The molecule has 1 atom stereocenters. The molecule has 0 fully saturated rings. The first-order valence-corrected chi connectivity index (χ1v) is 9.41. The number of carbonyl (C=O) groups excluding carboxylic acids is 1. The zero-order valence-corrected chi connectivity index (χ0v) is 15.2. The van der Waals surface area contributed by atoms with Crippen LogP contribution in [0.3, 0.4) is 0 Å². The molecule has 0 aliphatic carbocycles. The topological polar surface area (TPSA) is 92.3 Å². The van der Waals surface area contributed by atoms with Crippen molar-refractivity contribution in [1.29, 1.82) is 0 Å². The molecule has 7 nitrogen and oxygen atoms in total. The molecule has 4 aromatic rings. The predicted octanol–water partition coefficient (Wildman–Crippen LogP) is 3.83. The number of H-pyrrole nitrogens is 1. The molecule has 1 unspecified atom stereocenters. The number of hydrogen-bond donors (Lipinski definition) is 2. The highest BCUT2D eigenvalue weighted by Gasteiger charge is 2.22. The summed E-state index contributed by atoms with van der Waals surface area (Å²) in [7, 11) is 0. The third kappa shape index (κ3) is 2.93. The monoisotopic (exact) mass is 377 g/mol.